The van der Waals surface area contributed by atoms with Crippen LogP contribution in [0, 0.1) is 0 Å². The molecule has 0 atom stereocenters. The zero-order valence-electron chi connectivity index (χ0n) is 13.6. The van der Waals surface area contributed by atoms with Gasteiger partial charge in [0.15, 0.2) is 0 Å². The maximum atomic E-state index is 12.2. The molecule has 5 heteroatoms. The molecule has 1 amide bonds. The summed E-state index contributed by atoms with van der Waals surface area (Å²) < 4.78 is 0. The van der Waals surface area contributed by atoms with E-state index in [2.05, 4.69) is 40.6 Å². The van der Waals surface area contributed by atoms with Crippen molar-refractivity contribution in [3.05, 3.63) is 30.1 Å². The van der Waals surface area contributed by atoms with Crippen LogP contribution in [0.2, 0.25) is 0 Å². The number of hydrogen-bond donors (Lipinski definition) is 1. The molecule has 0 radical (unpaired) electrons. The van der Waals surface area contributed by atoms with Crippen molar-refractivity contribution >= 4 is 11.9 Å². The van der Waals surface area contributed by atoms with E-state index in [9.17, 15) is 4.79 Å². The minimum absolute atomic E-state index is 0.166. The first kappa shape index (κ1) is 16.5. The van der Waals surface area contributed by atoms with Crippen molar-refractivity contribution in [3.8, 4) is 0 Å². The smallest absolute Gasteiger partial charge is 0.270 e. The van der Waals surface area contributed by atoms with Crippen molar-refractivity contribution in [1.29, 1.82) is 0 Å². The highest BCUT2D eigenvalue weighted by atomic mass is 16.1. The van der Waals surface area contributed by atoms with Crippen LogP contribution < -0.4 is 10.2 Å². The van der Waals surface area contributed by atoms with Crippen molar-refractivity contribution in [3.63, 3.8) is 0 Å². The van der Waals surface area contributed by atoms with Crippen LogP contribution in [-0.2, 0) is 0 Å². The molecular weight excluding hydrogens is 276 g/mol. The number of rotatable bonds is 5. The molecule has 0 aliphatic carbocycles. The van der Waals surface area contributed by atoms with Crippen LogP contribution in [-0.4, -0.2) is 35.5 Å². The van der Waals surface area contributed by atoms with Crippen molar-refractivity contribution in [2.24, 2.45) is 0 Å². The minimum Gasteiger partial charge on any atom is -0.347 e. The van der Waals surface area contributed by atoms with Crippen LogP contribution in [0.15, 0.2) is 18.7 Å². The van der Waals surface area contributed by atoms with E-state index < -0.39 is 0 Å². The fourth-order valence-corrected chi connectivity index (χ4v) is 2.53. The summed E-state index contributed by atoms with van der Waals surface area (Å²) in [6.45, 7) is 10.2. The normalized spacial score (nSPS) is 15.5. The summed E-state index contributed by atoms with van der Waals surface area (Å²) in [5.41, 5.74) is 1.36. The Hall–Kier alpha value is -1.91. The molecule has 1 aromatic rings. The van der Waals surface area contributed by atoms with Gasteiger partial charge in [0, 0.05) is 25.3 Å². The predicted octanol–water partition coefficient (Wildman–Crippen LogP) is 2.90. The van der Waals surface area contributed by atoms with E-state index in [1.54, 1.807) is 12.1 Å². The monoisotopic (exact) mass is 302 g/mol. The molecule has 1 saturated heterocycles. The van der Waals surface area contributed by atoms with Crippen LogP contribution in [0.3, 0.4) is 0 Å². The van der Waals surface area contributed by atoms with Gasteiger partial charge in [0.1, 0.15) is 5.69 Å². The number of aromatic nitrogens is 2. The maximum absolute atomic E-state index is 12.2. The van der Waals surface area contributed by atoms with Crippen LogP contribution in [0.1, 0.15) is 61.6 Å². The number of hydrogen-bond acceptors (Lipinski definition) is 4. The maximum Gasteiger partial charge on any atom is 0.270 e. The zero-order chi connectivity index (χ0) is 15.9. The first-order valence-corrected chi connectivity index (χ1v) is 8.15. The van der Waals surface area contributed by atoms with Gasteiger partial charge in [0.25, 0.3) is 5.91 Å². The van der Waals surface area contributed by atoms with Crippen LogP contribution in [0.25, 0.3) is 0 Å². The van der Waals surface area contributed by atoms with Gasteiger partial charge in [-0.05, 0) is 24.8 Å². The summed E-state index contributed by atoms with van der Waals surface area (Å²) in [7, 11) is 0. The molecule has 2 rings (SSSR count). The summed E-state index contributed by atoms with van der Waals surface area (Å²) in [6, 6.07) is 1.80. The van der Waals surface area contributed by atoms with E-state index in [4.69, 9.17) is 0 Å². The summed E-state index contributed by atoms with van der Waals surface area (Å²) in [5, 5.41) is 2.79. The van der Waals surface area contributed by atoms with Crippen molar-refractivity contribution in [2.75, 3.05) is 24.5 Å². The molecule has 1 aromatic heterocycles. The van der Waals surface area contributed by atoms with Gasteiger partial charge < -0.3 is 10.2 Å². The lowest BCUT2D eigenvalue weighted by atomic mass is 10.1. The number of carbonyl (C=O) groups is 1. The Bertz CT molecular complexity index is 519. The lowest BCUT2D eigenvalue weighted by Crippen LogP contribution is -2.29. The van der Waals surface area contributed by atoms with Crippen molar-refractivity contribution in [1.82, 2.24) is 15.3 Å². The largest absolute Gasteiger partial charge is 0.347 e. The second-order valence-corrected chi connectivity index (χ2v) is 6.03. The van der Waals surface area contributed by atoms with Gasteiger partial charge in [0.05, 0.1) is 0 Å². The lowest BCUT2D eigenvalue weighted by Gasteiger charge is -2.22. The molecule has 5 nitrogen and oxygen atoms in total. The highest BCUT2D eigenvalue weighted by molar-refractivity contribution is 5.92. The van der Waals surface area contributed by atoms with Gasteiger partial charge in [-0.3, -0.25) is 4.79 Å². The van der Waals surface area contributed by atoms with Crippen molar-refractivity contribution in [2.45, 2.75) is 45.4 Å². The average molecular weight is 302 g/mol. The SMILES string of the molecule is C=CCNC(=O)c1cc(C(C)C)nc(N2CCCCCC2)n1. The highest BCUT2D eigenvalue weighted by Gasteiger charge is 2.18. The zero-order valence-corrected chi connectivity index (χ0v) is 13.6. The third-order valence-electron chi connectivity index (χ3n) is 3.85. The fourth-order valence-electron chi connectivity index (χ4n) is 2.53. The Morgan fingerprint density at radius 1 is 1.32 bits per heavy atom. The van der Waals surface area contributed by atoms with Crippen LogP contribution in [0.5, 0.6) is 0 Å². The van der Waals surface area contributed by atoms with E-state index in [0.717, 1.165) is 31.6 Å². The Kier molecular flexibility index (Phi) is 5.92. The molecule has 0 bridgehead atoms. The second kappa shape index (κ2) is 7.92. The Morgan fingerprint density at radius 2 is 2.00 bits per heavy atom. The second-order valence-electron chi connectivity index (χ2n) is 6.03. The standard InChI is InChI=1S/C17H26N4O/c1-4-9-18-16(22)15-12-14(13(2)3)19-17(20-15)21-10-7-5-6-8-11-21/h4,12-13H,1,5-11H2,2-3H3,(H,18,22). The van der Waals surface area contributed by atoms with E-state index in [0.29, 0.717) is 18.2 Å². The van der Waals surface area contributed by atoms with E-state index in [-0.39, 0.29) is 11.8 Å². The highest BCUT2D eigenvalue weighted by Crippen LogP contribution is 2.20. The molecule has 1 aliphatic rings. The summed E-state index contributed by atoms with van der Waals surface area (Å²) in [5.74, 6) is 0.789. The van der Waals surface area contributed by atoms with Gasteiger partial charge in [-0.15, -0.1) is 6.58 Å². The molecule has 0 spiro atoms. The molecule has 1 fully saturated rings. The quantitative estimate of drug-likeness (QED) is 0.850. The summed E-state index contributed by atoms with van der Waals surface area (Å²) >= 11 is 0. The van der Waals surface area contributed by atoms with Gasteiger partial charge >= 0.3 is 0 Å². The number of amides is 1. The van der Waals surface area contributed by atoms with E-state index >= 15 is 0 Å². The van der Waals surface area contributed by atoms with Gasteiger partial charge in [-0.1, -0.05) is 32.8 Å². The first-order valence-electron chi connectivity index (χ1n) is 8.15. The molecule has 0 saturated carbocycles. The predicted molar refractivity (Wildman–Crippen MR) is 89.3 cm³/mol. The Balaban J connectivity index is 2.29. The summed E-state index contributed by atoms with van der Waals surface area (Å²) in [4.78, 5) is 23.6. The molecule has 22 heavy (non-hydrogen) atoms. The van der Waals surface area contributed by atoms with Crippen LogP contribution in [0.4, 0.5) is 5.95 Å². The number of nitrogens with one attached hydrogen (secondary N) is 1. The van der Waals surface area contributed by atoms with Gasteiger partial charge in [-0.2, -0.15) is 0 Å². The van der Waals surface area contributed by atoms with Crippen molar-refractivity contribution < 1.29 is 4.79 Å². The molecule has 1 N–H and O–H groups in total. The molecule has 0 aromatic carbocycles. The van der Waals surface area contributed by atoms with Gasteiger partial charge in [0.2, 0.25) is 5.95 Å². The van der Waals surface area contributed by atoms with Gasteiger partial charge in [-0.25, -0.2) is 9.97 Å². The molecule has 120 valence electrons. The molecule has 1 aliphatic heterocycles. The first-order chi connectivity index (χ1) is 10.6. The third kappa shape index (κ3) is 4.29. The molecule has 2 heterocycles. The van der Waals surface area contributed by atoms with E-state index in [1.807, 2.05) is 0 Å². The Labute approximate surface area is 132 Å². The Morgan fingerprint density at radius 3 is 2.59 bits per heavy atom. The fraction of sp³-hybridized carbons (Fsp3) is 0.588. The third-order valence-corrected chi connectivity index (χ3v) is 3.85. The average Bonchev–Trinajstić information content (AvgIpc) is 2.81. The lowest BCUT2D eigenvalue weighted by molar-refractivity contribution is 0.0953. The van der Waals surface area contributed by atoms with Crippen LogP contribution >= 0.6 is 0 Å². The molecule has 0 unspecified atom stereocenters. The molecular formula is C17H26N4O. The number of carbonyl (C=O) groups excluding carboxylic acids is 1. The van der Waals surface area contributed by atoms with E-state index in [1.165, 1.54) is 12.8 Å². The minimum atomic E-state index is -0.166. The number of nitrogens with zero attached hydrogens (tertiary/aromatic N) is 3. The summed E-state index contributed by atoms with van der Waals surface area (Å²) in [6.07, 6.45) is 6.50. The topological polar surface area (TPSA) is 58.1 Å². The number of anilines is 1.